The Hall–Kier alpha value is -2.65. The molecule has 1 aliphatic rings. The first kappa shape index (κ1) is 14.0. The number of aromatic nitrogens is 2. The molecule has 6 heteroatoms. The Labute approximate surface area is 140 Å². The lowest BCUT2D eigenvalue weighted by Crippen LogP contribution is -2.31. The van der Waals surface area contributed by atoms with Gasteiger partial charge in [0.15, 0.2) is 0 Å². The van der Waals surface area contributed by atoms with E-state index in [0.29, 0.717) is 5.75 Å². The fourth-order valence-electron chi connectivity index (χ4n) is 3.09. The Bertz CT molecular complexity index is 972. The van der Waals surface area contributed by atoms with E-state index < -0.39 is 5.92 Å². The molecule has 4 rings (SSSR count). The first-order valence-electron chi connectivity index (χ1n) is 7.05. The van der Waals surface area contributed by atoms with Gasteiger partial charge < -0.3 is 9.72 Å². The van der Waals surface area contributed by atoms with Crippen molar-refractivity contribution >= 4 is 32.7 Å². The molecule has 2 aromatic heterocycles. The lowest BCUT2D eigenvalue weighted by atomic mass is 9.79. The topological polar surface area (TPSA) is 85.5 Å². The third-order valence-corrected chi connectivity index (χ3v) is 4.54. The van der Waals surface area contributed by atoms with Gasteiger partial charge in [-0.2, -0.15) is 5.26 Å². The normalized spacial score (nSPS) is 19.9. The lowest BCUT2D eigenvalue weighted by Gasteiger charge is -2.30. The minimum Gasteiger partial charge on any atom is -0.441 e. The van der Waals surface area contributed by atoms with Crippen molar-refractivity contribution in [1.82, 2.24) is 9.97 Å². The van der Waals surface area contributed by atoms with E-state index in [0.717, 1.165) is 26.5 Å². The number of nitrogens with zero attached hydrogens (tertiary/aromatic N) is 2. The number of rotatable bonds is 1. The Balaban J connectivity index is 1.99. The van der Waals surface area contributed by atoms with Crippen molar-refractivity contribution in [2.24, 2.45) is 5.92 Å². The number of benzene rings is 1. The molecule has 5 nitrogen and oxygen atoms in total. The van der Waals surface area contributed by atoms with Gasteiger partial charge in [-0.15, -0.1) is 0 Å². The predicted molar refractivity (Wildman–Crippen MR) is 89.5 cm³/mol. The maximum atomic E-state index is 9.55. The molecule has 0 fully saturated rings. The van der Waals surface area contributed by atoms with Gasteiger partial charge in [0.05, 0.1) is 6.07 Å². The maximum absolute atomic E-state index is 9.55. The maximum Gasteiger partial charge on any atom is 0.205 e. The van der Waals surface area contributed by atoms with Crippen LogP contribution in [0.25, 0.3) is 10.9 Å². The Morgan fingerprint density at radius 1 is 1.30 bits per heavy atom. The van der Waals surface area contributed by atoms with Crippen LogP contribution in [0.4, 0.5) is 0 Å². The quantitative estimate of drug-likeness (QED) is 0.683. The SMILES string of the molecule is N#CC1C(=N)Oc2c(ccc3[nH]ccc23)C1c1cncc(Br)c1. The van der Waals surface area contributed by atoms with Crippen LogP contribution in [0, 0.1) is 22.7 Å². The zero-order valence-electron chi connectivity index (χ0n) is 11.9. The first-order chi connectivity index (χ1) is 11.2. The van der Waals surface area contributed by atoms with E-state index >= 15 is 0 Å². The van der Waals surface area contributed by atoms with Gasteiger partial charge in [-0.3, -0.25) is 10.4 Å². The van der Waals surface area contributed by atoms with Gasteiger partial charge in [0.25, 0.3) is 0 Å². The number of fused-ring (bicyclic) bond motifs is 3. The molecule has 0 aliphatic carbocycles. The summed E-state index contributed by atoms with van der Waals surface area (Å²) in [6.45, 7) is 0. The molecular weight excluding hydrogens is 356 g/mol. The molecular formula is C17H11BrN4O. The second-order valence-corrected chi connectivity index (χ2v) is 6.33. The zero-order chi connectivity index (χ0) is 16.0. The molecule has 1 aromatic carbocycles. The molecule has 0 bridgehead atoms. The van der Waals surface area contributed by atoms with Crippen LogP contribution in [0.2, 0.25) is 0 Å². The lowest BCUT2D eigenvalue weighted by molar-refractivity contribution is 0.455. The summed E-state index contributed by atoms with van der Waals surface area (Å²) < 4.78 is 6.54. The smallest absolute Gasteiger partial charge is 0.205 e. The first-order valence-corrected chi connectivity index (χ1v) is 7.84. The molecule has 0 saturated heterocycles. The van der Waals surface area contributed by atoms with Gasteiger partial charge in [0, 0.05) is 45.4 Å². The van der Waals surface area contributed by atoms with Crippen molar-refractivity contribution in [1.29, 1.82) is 10.7 Å². The van der Waals surface area contributed by atoms with Crippen LogP contribution >= 0.6 is 15.9 Å². The number of nitrogens with one attached hydrogen (secondary N) is 2. The monoisotopic (exact) mass is 366 g/mol. The Morgan fingerprint density at radius 2 is 2.17 bits per heavy atom. The Kier molecular flexibility index (Phi) is 3.17. The van der Waals surface area contributed by atoms with E-state index in [-0.39, 0.29) is 11.8 Å². The molecule has 23 heavy (non-hydrogen) atoms. The molecule has 2 atom stereocenters. The van der Waals surface area contributed by atoms with Crippen LogP contribution in [0.1, 0.15) is 17.0 Å². The zero-order valence-corrected chi connectivity index (χ0v) is 13.5. The second-order valence-electron chi connectivity index (χ2n) is 5.41. The van der Waals surface area contributed by atoms with E-state index in [1.54, 1.807) is 12.4 Å². The van der Waals surface area contributed by atoms with Crippen LogP contribution in [-0.2, 0) is 0 Å². The van der Waals surface area contributed by atoms with E-state index in [4.69, 9.17) is 10.1 Å². The highest BCUT2D eigenvalue weighted by atomic mass is 79.9. The molecule has 0 saturated carbocycles. The van der Waals surface area contributed by atoms with Crippen molar-refractivity contribution in [3.8, 4) is 11.8 Å². The van der Waals surface area contributed by atoms with Crippen LogP contribution in [0.15, 0.2) is 47.3 Å². The minimum atomic E-state index is -0.671. The van der Waals surface area contributed by atoms with Crippen LogP contribution in [0.3, 0.4) is 0 Å². The number of H-pyrrole nitrogens is 1. The van der Waals surface area contributed by atoms with Crippen molar-refractivity contribution in [3.63, 3.8) is 0 Å². The third kappa shape index (κ3) is 2.13. The molecule has 112 valence electrons. The third-order valence-electron chi connectivity index (χ3n) is 4.10. The molecule has 0 amide bonds. The van der Waals surface area contributed by atoms with Gasteiger partial charge in [-0.05, 0) is 39.7 Å². The molecule has 0 spiro atoms. The summed E-state index contributed by atoms with van der Waals surface area (Å²) >= 11 is 3.42. The summed E-state index contributed by atoms with van der Waals surface area (Å²) in [5.41, 5.74) is 2.73. The van der Waals surface area contributed by atoms with Crippen molar-refractivity contribution in [2.45, 2.75) is 5.92 Å². The molecule has 1 aliphatic heterocycles. The largest absolute Gasteiger partial charge is 0.441 e. The summed E-state index contributed by atoms with van der Waals surface area (Å²) in [5, 5.41) is 18.6. The molecule has 2 N–H and O–H groups in total. The number of nitriles is 1. The minimum absolute atomic E-state index is 0.0290. The summed E-state index contributed by atoms with van der Waals surface area (Å²) in [7, 11) is 0. The van der Waals surface area contributed by atoms with Crippen molar-refractivity contribution < 1.29 is 4.74 Å². The van der Waals surface area contributed by atoms with Crippen LogP contribution in [0.5, 0.6) is 5.75 Å². The number of halogens is 1. The van der Waals surface area contributed by atoms with Crippen molar-refractivity contribution in [3.05, 3.63) is 58.5 Å². The summed E-state index contributed by atoms with van der Waals surface area (Å²) in [6, 6.07) is 9.99. The number of ether oxygens (including phenoxy) is 1. The molecule has 0 radical (unpaired) electrons. The fraction of sp³-hybridized carbons (Fsp3) is 0.118. The second kappa shape index (κ2) is 5.21. The summed E-state index contributed by atoms with van der Waals surface area (Å²) in [5.74, 6) is -0.334. The van der Waals surface area contributed by atoms with E-state index in [1.807, 2.05) is 30.5 Å². The highest BCUT2D eigenvalue weighted by Crippen LogP contribution is 2.45. The highest BCUT2D eigenvalue weighted by Gasteiger charge is 2.38. The number of hydrogen-bond acceptors (Lipinski definition) is 4. The number of pyridine rings is 1. The van der Waals surface area contributed by atoms with Crippen LogP contribution < -0.4 is 4.74 Å². The average molecular weight is 367 g/mol. The molecule has 2 unspecified atom stereocenters. The van der Waals surface area contributed by atoms with Gasteiger partial charge >= 0.3 is 0 Å². The van der Waals surface area contributed by atoms with Gasteiger partial charge in [-0.25, -0.2) is 0 Å². The van der Waals surface area contributed by atoms with Crippen LogP contribution in [-0.4, -0.2) is 15.9 Å². The van der Waals surface area contributed by atoms with Crippen molar-refractivity contribution in [2.75, 3.05) is 0 Å². The number of aromatic amines is 1. The average Bonchev–Trinajstić information content (AvgIpc) is 3.02. The van der Waals surface area contributed by atoms with E-state index in [2.05, 4.69) is 32.0 Å². The summed E-state index contributed by atoms with van der Waals surface area (Å²) in [6.07, 6.45) is 5.28. The Morgan fingerprint density at radius 3 is 2.96 bits per heavy atom. The van der Waals surface area contributed by atoms with Gasteiger partial charge in [0.1, 0.15) is 11.7 Å². The highest BCUT2D eigenvalue weighted by molar-refractivity contribution is 9.10. The standard InChI is InChI=1S/C17H11BrN4O/c18-10-5-9(7-21-8-10)15-12-1-2-14-11(3-4-22-14)16(12)23-17(20)13(15)6-19/h1-5,7-8,13,15,20,22H. The molecule has 3 heterocycles. The van der Waals surface area contributed by atoms with E-state index in [9.17, 15) is 5.26 Å². The van der Waals surface area contributed by atoms with Gasteiger partial charge in [0.2, 0.25) is 5.90 Å². The predicted octanol–water partition coefficient (Wildman–Crippen LogP) is 3.97. The summed E-state index contributed by atoms with van der Waals surface area (Å²) in [4.78, 5) is 7.34. The molecule has 3 aromatic rings. The fourth-order valence-corrected chi connectivity index (χ4v) is 3.47. The number of hydrogen-bond donors (Lipinski definition) is 2. The van der Waals surface area contributed by atoms with E-state index in [1.165, 1.54) is 0 Å². The van der Waals surface area contributed by atoms with Gasteiger partial charge in [-0.1, -0.05) is 6.07 Å².